The Morgan fingerprint density at radius 1 is 1.00 bits per heavy atom. The molecule has 0 radical (unpaired) electrons. The molecule has 0 fully saturated rings. The highest BCUT2D eigenvalue weighted by Gasteiger charge is 2.13. The van der Waals surface area contributed by atoms with Crippen LogP contribution < -0.4 is 10.0 Å². The van der Waals surface area contributed by atoms with Crippen LogP contribution in [0.5, 0.6) is 5.75 Å². The van der Waals surface area contributed by atoms with Gasteiger partial charge in [-0.15, -0.1) is 0 Å². The standard InChI is InChI=1S/C20H23N5O3S/c1-25(2)14-13-22-29(27,28)18-9-5-16(6-10-18)23-20-21-12-11-19(24-20)15-3-7-17(26)8-4-15/h3-12,22,26H,13-14H2,1-2H3,(H,21,23,24). The summed E-state index contributed by atoms with van der Waals surface area (Å²) in [5.41, 5.74) is 2.21. The lowest BCUT2D eigenvalue weighted by Crippen LogP contribution is -2.31. The summed E-state index contributed by atoms with van der Waals surface area (Å²) < 4.78 is 27.2. The topological polar surface area (TPSA) is 107 Å². The van der Waals surface area contributed by atoms with Gasteiger partial charge in [0.1, 0.15) is 5.75 Å². The Morgan fingerprint density at radius 3 is 2.34 bits per heavy atom. The van der Waals surface area contributed by atoms with Crippen molar-refractivity contribution in [1.29, 1.82) is 0 Å². The van der Waals surface area contributed by atoms with Crippen molar-refractivity contribution in [1.82, 2.24) is 19.6 Å². The van der Waals surface area contributed by atoms with Crippen LogP contribution in [0.25, 0.3) is 11.3 Å². The van der Waals surface area contributed by atoms with Crippen LogP contribution in [0.1, 0.15) is 0 Å². The van der Waals surface area contributed by atoms with Gasteiger partial charge in [-0.25, -0.2) is 23.1 Å². The molecule has 2 aromatic carbocycles. The first-order valence-electron chi connectivity index (χ1n) is 8.97. The largest absolute Gasteiger partial charge is 0.508 e. The first kappa shape index (κ1) is 20.7. The van der Waals surface area contributed by atoms with Gasteiger partial charge in [-0.1, -0.05) is 0 Å². The normalized spacial score (nSPS) is 11.6. The predicted molar refractivity (Wildman–Crippen MR) is 113 cm³/mol. The summed E-state index contributed by atoms with van der Waals surface area (Å²) in [6.45, 7) is 0.959. The zero-order chi connectivity index (χ0) is 20.9. The summed E-state index contributed by atoms with van der Waals surface area (Å²) in [4.78, 5) is 10.8. The van der Waals surface area contributed by atoms with Crippen LogP contribution in [-0.2, 0) is 10.0 Å². The molecular formula is C20H23N5O3S. The summed E-state index contributed by atoms with van der Waals surface area (Å²) in [6, 6.07) is 14.9. The van der Waals surface area contributed by atoms with Crippen LogP contribution in [0.2, 0.25) is 0 Å². The number of nitrogens with zero attached hydrogens (tertiary/aromatic N) is 3. The molecule has 8 nitrogen and oxygen atoms in total. The number of benzene rings is 2. The summed E-state index contributed by atoms with van der Waals surface area (Å²) >= 11 is 0. The van der Waals surface area contributed by atoms with E-state index in [0.717, 1.165) is 5.56 Å². The Hall–Kier alpha value is -3.01. The zero-order valence-corrected chi connectivity index (χ0v) is 17.0. The molecule has 0 saturated carbocycles. The Morgan fingerprint density at radius 2 is 1.69 bits per heavy atom. The fraction of sp³-hybridized carbons (Fsp3) is 0.200. The van der Waals surface area contributed by atoms with Crippen LogP contribution in [0.4, 0.5) is 11.6 Å². The molecule has 0 bridgehead atoms. The zero-order valence-electron chi connectivity index (χ0n) is 16.2. The van der Waals surface area contributed by atoms with Crippen LogP contribution in [0.15, 0.2) is 65.7 Å². The molecule has 9 heteroatoms. The Bertz CT molecular complexity index is 1050. The molecule has 3 aromatic rings. The quantitative estimate of drug-likeness (QED) is 0.521. The van der Waals surface area contributed by atoms with Crippen LogP contribution >= 0.6 is 0 Å². The van der Waals surface area contributed by atoms with E-state index in [4.69, 9.17) is 0 Å². The van der Waals surface area contributed by atoms with Crippen LogP contribution in [-0.4, -0.2) is 55.6 Å². The van der Waals surface area contributed by atoms with E-state index < -0.39 is 10.0 Å². The van der Waals surface area contributed by atoms with Crippen molar-refractivity contribution in [3.8, 4) is 17.0 Å². The number of nitrogens with one attached hydrogen (secondary N) is 2. The molecule has 1 aromatic heterocycles. The fourth-order valence-corrected chi connectivity index (χ4v) is 3.57. The van der Waals surface area contributed by atoms with Gasteiger partial charge in [-0.05, 0) is 68.7 Å². The van der Waals surface area contributed by atoms with Crippen molar-refractivity contribution in [3.05, 3.63) is 60.8 Å². The average molecular weight is 414 g/mol. The van der Waals surface area contributed by atoms with Gasteiger partial charge in [0.05, 0.1) is 10.6 Å². The van der Waals surface area contributed by atoms with E-state index in [2.05, 4.69) is 20.0 Å². The molecule has 29 heavy (non-hydrogen) atoms. The molecule has 0 spiro atoms. The molecule has 3 rings (SSSR count). The summed E-state index contributed by atoms with van der Waals surface area (Å²) in [7, 11) is 0.217. The van der Waals surface area contributed by atoms with Gasteiger partial charge >= 0.3 is 0 Å². The van der Waals surface area contributed by atoms with E-state index in [1.807, 2.05) is 19.0 Å². The number of aromatic nitrogens is 2. The number of phenols is 1. The monoisotopic (exact) mass is 413 g/mol. The summed E-state index contributed by atoms with van der Waals surface area (Å²) in [5.74, 6) is 0.572. The van der Waals surface area contributed by atoms with Gasteiger partial charge in [0, 0.05) is 30.5 Å². The number of hydrogen-bond donors (Lipinski definition) is 3. The molecule has 0 saturated heterocycles. The van der Waals surface area contributed by atoms with E-state index in [0.29, 0.717) is 30.4 Å². The molecule has 0 aliphatic rings. The first-order valence-corrected chi connectivity index (χ1v) is 10.5. The second-order valence-electron chi connectivity index (χ2n) is 6.66. The first-order chi connectivity index (χ1) is 13.8. The van der Waals surface area contributed by atoms with Crippen molar-refractivity contribution in [2.75, 3.05) is 32.5 Å². The molecule has 0 aliphatic heterocycles. The fourth-order valence-electron chi connectivity index (χ4n) is 2.55. The molecule has 3 N–H and O–H groups in total. The molecule has 1 heterocycles. The smallest absolute Gasteiger partial charge is 0.240 e. The minimum absolute atomic E-state index is 0.187. The Kier molecular flexibility index (Phi) is 6.42. The molecule has 0 aliphatic carbocycles. The van der Waals surface area contributed by atoms with Crippen LogP contribution in [0.3, 0.4) is 0 Å². The third kappa shape index (κ3) is 5.74. The predicted octanol–water partition coefficient (Wildman–Crippen LogP) is 2.43. The average Bonchev–Trinajstić information content (AvgIpc) is 2.69. The summed E-state index contributed by atoms with van der Waals surface area (Å²) in [6.07, 6.45) is 1.63. The minimum Gasteiger partial charge on any atom is -0.508 e. The number of sulfonamides is 1. The van der Waals surface area contributed by atoms with Gasteiger partial charge in [-0.2, -0.15) is 0 Å². The molecular weight excluding hydrogens is 390 g/mol. The third-order valence-corrected chi connectivity index (χ3v) is 5.57. The highest BCUT2D eigenvalue weighted by molar-refractivity contribution is 7.89. The Balaban J connectivity index is 1.70. The van der Waals surface area contributed by atoms with E-state index >= 15 is 0 Å². The van der Waals surface area contributed by atoms with Crippen molar-refractivity contribution in [2.45, 2.75) is 4.90 Å². The second-order valence-corrected chi connectivity index (χ2v) is 8.43. The Labute approximate surface area is 170 Å². The SMILES string of the molecule is CN(C)CCNS(=O)(=O)c1ccc(Nc2nccc(-c3ccc(O)cc3)n2)cc1. The lowest BCUT2D eigenvalue weighted by molar-refractivity contribution is 0.412. The summed E-state index contributed by atoms with van der Waals surface area (Å²) in [5, 5.41) is 12.5. The van der Waals surface area contributed by atoms with Gasteiger partial charge < -0.3 is 15.3 Å². The number of aromatic hydroxyl groups is 1. The lowest BCUT2D eigenvalue weighted by Gasteiger charge is -2.11. The maximum absolute atomic E-state index is 12.3. The van der Waals surface area contributed by atoms with Crippen molar-refractivity contribution in [2.24, 2.45) is 0 Å². The number of likely N-dealkylation sites (N-methyl/N-ethyl adjacent to an activating group) is 1. The van der Waals surface area contributed by atoms with Gasteiger partial charge in [0.15, 0.2) is 0 Å². The third-order valence-electron chi connectivity index (χ3n) is 4.09. The maximum atomic E-state index is 12.3. The molecule has 152 valence electrons. The molecule has 0 atom stereocenters. The van der Waals surface area contributed by atoms with Crippen molar-refractivity contribution < 1.29 is 13.5 Å². The minimum atomic E-state index is -3.55. The highest BCUT2D eigenvalue weighted by atomic mass is 32.2. The lowest BCUT2D eigenvalue weighted by atomic mass is 10.1. The maximum Gasteiger partial charge on any atom is 0.240 e. The number of phenolic OH excluding ortho intramolecular Hbond substituents is 1. The highest BCUT2D eigenvalue weighted by Crippen LogP contribution is 2.22. The van der Waals surface area contributed by atoms with Gasteiger partial charge in [-0.3, -0.25) is 0 Å². The van der Waals surface area contributed by atoms with E-state index in [9.17, 15) is 13.5 Å². The van der Waals surface area contributed by atoms with E-state index in [1.54, 1.807) is 48.7 Å². The molecule has 0 unspecified atom stereocenters. The van der Waals surface area contributed by atoms with Crippen LogP contribution in [0, 0.1) is 0 Å². The van der Waals surface area contributed by atoms with Gasteiger partial charge in [0.25, 0.3) is 0 Å². The van der Waals surface area contributed by atoms with Crippen molar-refractivity contribution >= 4 is 21.7 Å². The number of anilines is 2. The van der Waals surface area contributed by atoms with E-state index in [-0.39, 0.29) is 10.6 Å². The second kappa shape index (κ2) is 8.99. The van der Waals surface area contributed by atoms with Crippen molar-refractivity contribution in [3.63, 3.8) is 0 Å². The van der Waals surface area contributed by atoms with Gasteiger partial charge in [0.2, 0.25) is 16.0 Å². The number of hydrogen-bond acceptors (Lipinski definition) is 7. The number of rotatable bonds is 8. The van der Waals surface area contributed by atoms with E-state index in [1.165, 1.54) is 12.1 Å². The molecule has 0 amide bonds.